The van der Waals surface area contributed by atoms with Crippen LogP contribution in [0.4, 0.5) is 0 Å². The fraction of sp³-hybridized carbons (Fsp3) is 0.133. The van der Waals surface area contributed by atoms with Gasteiger partial charge < -0.3 is 9.84 Å². The number of thioether (sulfide) groups is 1. The number of rotatable bonds is 5. The number of halogens is 2. The molecule has 0 aliphatic rings. The molecule has 3 nitrogen and oxygen atoms in total. The molecule has 0 saturated carbocycles. The molecule has 0 unspecified atom stereocenters. The zero-order valence-electron chi connectivity index (χ0n) is 11.1. The van der Waals surface area contributed by atoms with Gasteiger partial charge in [0.25, 0.3) is 0 Å². The van der Waals surface area contributed by atoms with E-state index in [0.29, 0.717) is 15.7 Å². The van der Waals surface area contributed by atoms with Crippen molar-refractivity contribution in [3.05, 3.63) is 51.5 Å². The molecular weight excluding hydrogens is 376 g/mol. The van der Waals surface area contributed by atoms with Crippen molar-refractivity contribution in [2.75, 3.05) is 5.75 Å². The molecule has 0 saturated heterocycles. The van der Waals surface area contributed by atoms with Gasteiger partial charge in [-0.1, -0.05) is 40.5 Å². The summed E-state index contributed by atoms with van der Waals surface area (Å²) in [6.07, 6.45) is 0. The summed E-state index contributed by atoms with van der Waals surface area (Å²) >= 11 is 10.9. The molecule has 0 atom stereocenters. The second-order valence-electron chi connectivity index (χ2n) is 4.04. The largest absolute Gasteiger partial charge is 0.478 e. The molecular formula is C15H12BrClO3S. The van der Waals surface area contributed by atoms with Gasteiger partial charge in [0, 0.05) is 9.37 Å². The van der Waals surface area contributed by atoms with Crippen molar-refractivity contribution in [2.24, 2.45) is 0 Å². The maximum absolute atomic E-state index is 11.5. The van der Waals surface area contributed by atoms with Gasteiger partial charge in [0.2, 0.25) is 0 Å². The van der Waals surface area contributed by atoms with Crippen molar-refractivity contribution >= 4 is 45.3 Å². The zero-order valence-corrected chi connectivity index (χ0v) is 14.3. The molecule has 0 aliphatic carbocycles. The van der Waals surface area contributed by atoms with Crippen LogP contribution in [0.5, 0.6) is 11.5 Å². The van der Waals surface area contributed by atoms with Crippen LogP contribution < -0.4 is 4.74 Å². The van der Waals surface area contributed by atoms with Crippen LogP contribution in [0.15, 0.2) is 45.8 Å². The Morgan fingerprint density at radius 3 is 2.76 bits per heavy atom. The molecule has 0 fully saturated rings. The van der Waals surface area contributed by atoms with Gasteiger partial charge in [-0.2, -0.15) is 0 Å². The molecule has 0 aliphatic heterocycles. The lowest BCUT2D eigenvalue weighted by molar-refractivity contribution is 0.0690. The monoisotopic (exact) mass is 386 g/mol. The summed E-state index contributed by atoms with van der Waals surface area (Å²) in [5.41, 5.74) is 0.153. The molecule has 0 radical (unpaired) electrons. The van der Waals surface area contributed by atoms with Crippen LogP contribution in [0.1, 0.15) is 17.3 Å². The summed E-state index contributed by atoms with van der Waals surface area (Å²) < 4.78 is 6.52. The van der Waals surface area contributed by atoms with Gasteiger partial charge in [0.1, 0.15) is 17.1 Å². The number of benzene rings is 2. The summed E-state index contributed by atoms with van der Waals surface area (Å²) in [5, 5.41) is 9.86. The van der Waals surface area contributed by atoms with Gasteiger partial charge in [0.15, 0.2) is 0 Å². The maximum atomic E-state index is 11.5. The minimum absolute atomic E-state index is 0.153. The first kappa shape index (κ1) is 16.2. The molecule has 2 rings (SSSR count). The smallest absolute Gasteiger partial charge is 0.340 e. The molecule has 2 aromatic carbocycles. The fourth-order valence-electron chi connectivity index (χ4n) is 1.76. The maximum Gasteiger partial charge on any atom is 0.340 e. The van der Waals surface area contributed by atoms with E-state index in [1.807, 2.05) is 6.92 Å². The van der Waals surface area contributed by atoms with E-state index < -0.39 is 5.97 Å². The van der Waals surface area contributed by atoms with Gasteiger partial charge in [0.05, 0.1) is 5.02 Å². The standard InChI is InChI=1S/C15H12BrClO3S/c1-2-21-13-5-3-4-11(14(13)15(18)19)20-12-8-9(16)6-7-10(12)17/h3-8H,2H2,1H3,(H,18,19). The average molecular weight is 388 g/mol. The fourth-order valence-corrected chi connectivity index (χ4v) is 3.07. The highest BCUT2D eigenvalue weighted by Gasteiger charge is 2.18. The van der Waals surface area contributed by atoms with E-state index in [4.69, 9.17) is 16.3 Å². The minimum Gasteiger partial charge on any atom is -0.478 e. The van der Waals surface area contributed by atoms with Crippen molar-refractivity contribution < 1.29 is 14.6 Å². The molecule has 0 bridgehead atoms. The number of ether oxygens (including phenoxy) is 1. The van der Waals surface area contributed by atoms with Gasteiger partial charge in [-0.15, -0.1) is 11.8 Å². The predicted molar refractivity (Wildman–Crippen MR) is 89.0 cm³/mol. The van der Waals surface area contributed by atoms with Crippen LogP contribution in [-0.2, 0) is 0 Å². The number of carbonyl (C=O) groups is 1. The van der Waals surface area contributed by atoms with Crippen LogP contribution in [0, 0.1) is 0 Å². The second-order valence-corrected chi connectivity index (χ2v) is 6.67. The van der Waals surface area contributed by atoms with Gasteiger partial charge in [-0.05, 0) is 36.1 Å². The first-order valence-electron chi connectivity index (χ1n) is 6.15. The third kappa shape index (κ3) is 3.93. The Morgan fingerprint density at radius 2 is 2.10 bits per heavy atom. The van der Waals surface area contributed by atoms with Crippen LogP contribution in [0.2, 0.25) is 5.02 Å². The highest BCUT2D eigenvalue weighted by Crippen LogP contribution is 2.36. The van der Waals surface area contributed by atoms with Gasteiger partial charge in [-0.3, -0.25) is 0 Å². The Morgan fingerprint density at radius 1 is 1.33 bits per heavy atom. The average Bonchev–Trinajstić information content (AvgIpc) is 2.43. The minimum atomic E-state index is -1.02. The quantitative estimate of drug-likeness (QED) is 0.668. The Labute approximate surface area is 140 Å². The van der Waals surface area contributed by atoms with E-state index >= 15 is 0 Å². The van der Waals surface area contributed by atoms with Crippen molar-refractivity contribution in [2.45, 2.75) is 11.8 Å². The lowest BCUT2D eigenvalue weighted by Gasteiger charge is -2.13. The SMILES string of the molecule is CCSc1cccc(Oc2cc(Br)ccc2Cl)c1C(=O)O. The zero-order chi connectivity index (χ0) is 15.4. The first-order valence-corrected chi connectivity index (χ1v) is 8.30. The van der Waals surface area contributed by atoms with E-state index in [9.17, 15) is 9.90 Å². The summed E-state index contributed by atoms with van der Waals surface area (Å²) in [6, 6.07) is 10.3. The third-order valence-corrected chi connectivity index (χ3v) is 4.36. The Hall–Kier alpha value is -1.17. The Balaban J connectivity index is 2.46. The van der Waals surface area contributed by atoms with Crippen molar-refractivity contribution in [1.29, 1.82) is 0 Å². The van der Waals surface area contributed by atoms with E-state index in [0.717, 1.165) is 10.2 Å². The van der Waals surface area contributed by atoms with E-state index in [2.05, 4.69) is 15.9 Å². The van der Waals surface area contributed by atoms with Gasteiger partial charge >= 0.3 is 5.97 Å². The normalized spacial score (nSPS) is 10.4. The molecule has 1 N–H and O–H groups in total. The molecule has 0 heterocycles. The number of carboxylic acid groups (broad SMARTS) is 1. The first-order chi connectivity index (χ1) is 10.0. The van der Waals surface area contributed by atoms with E-state index in [1.54, 1.807) is 36.4 Å². The highest BCUT2D eigenvalue weighted by molar-refractivity contribution is 9.10. The Kier molecular flexibility index (Phi) is 5.56. The van der Waals surface area contributed by atoms with Crippen LogP contribution in [0.3, 0.4) is 0 Å². The number of hydrogen-bond acceptors (Lipinski definition) is 3. The lowest BCUT2D eigenvalue weighted by atomic mass is 10.2. The van der Waals surface area contributed by atoms with Crippen LogP contribution >= 0.6 is 39.3 Å². The van der Waals surface area contributed by atoms with Crippen LogP contribution in [0.25, 0.3) is 0 Å². The summed E-state index contributed by atoms with van der Waals surface area (Å²) in [4.78, 5) is 12.2. The van der Waals surface area contributed by atoms with Crippen molar-refractivity contribution in [3.63, 3.8) is 0 Å². The van der Waals surface area contributed by atoms with Gasteiger partial charge in [-0.25, -0.2) is 4.79 Å². The van der Waals surface area contributed by atoms with Crippen molar-refractivity contribution in [3.8, 4) is 11.5 Å². The molecule has 6 heteroatoms. The summed E-state index contributed by atoms with van der Waals surface area (Å²) in [6.45, 7) is 1.97. The number of aromatic carboxylic acids is 1. The summed E-state index contributed by atoms with van der Waals surface area (Å²) in [5.74, 6) is 0.447. The Bertz CT molecular complexity index is 676. The number of carboxylic acids is 1. The van der Waals surface area contributed by atoms with E-state index in [1.165, 1.54) is 11.8 Å². The molecule has 0 aromatic heterocycles. The topological polar surface area (TPSA) is 46.5 Å². The van der Waals surface area contributed by atoms with E-state index in [-0.39, 0.29) is 11.3 Å². The second kappa shape index (κ2) is 7.20. The molecule has 0 spiro atoms. The summed E-state index contributed by atoms with van der Waals surface area (Å²) in [7, 11) is 0. The number of hydrogen-bond donors (Lipinski definition) is 1. The van der Waals surface area contributed by atoms with Crippen LogP contribution in [-0.4, -0.2) is 16.8 Å². The lowest BCUT2D eigenvalue weighted by Crippen LogP contribution is -2.02. The third-order valence-electron chi connectivity index (χ3n) is 2.61. The molecule has 0 amide bonds. The molecule has 110 valence electrons. The predicted octanol–water partition coefficient (Wildman–Crippen LogP) is 5.71. The van der Waals surface area contributed by atoms with Crippen molar-refractivity contribution in [1.82, 2.24) is 0 Å². The molecule has 2 aromatic rings. The molecule has 21 heavy (non-hydrogen) atoms. The highest BCUT2D eigenvalue weighted by atomic mass is 79.9.